The Balaban J connectivity index is 1.39. The second kappa shape index (κ2) is 12.4. The van der Waals surface area contributed by atoms with Gasteiger partial charge in [-0.15, -0.1) is 0 Å². The second-order valence-electron chi connectivity index (χ2n) is 5.64. The van der Waals surface area contributed by atoms with Gasteiger partial charge in [-0.3, -0.25) is 0 Å². The van der Waals surface area contributed by atoms with Crippen molar-refractivity contribution in [2.45, 2.75) is 25.7 Å². The first-order valence-electron chi connectivity index (χ1n) is 8.64. The van der Waals surface area contributed by atoms with E-state index in [9.17, 15) is 0 Å². The van der Waals surface area contributed by atoms with E-state index in [4.69, 9.17) is 9.47 Å². The fraction of sp³-hybridized carbons (Fsp3) is 0.364. The lowest BCUT2D eigenvalue weighted by Crippen LogP contribution is -1.99. The van der Waals surface area contributed by atoms with E-state index in [2.05, 4.69) is 60.4 Å². The van der Waals surface area contributed by atoms with Gasteiger partial charge in [-0.1, -0.05) is 72.5 Å². The van der Waals surface area contributed by atoms with Crippen LogP contribution in [-0.2, 0) is 22.3 Å². The van der Waals surface area contributed by atoms with E-state index in [1.807, 2.05) is 12.1 Å². The van der Waals surface area contributed by atoms with Gasteiger partial charge in [0.05, 0.1) is 0 Å². The lowest BCUT2D eigenvalue weighted by molar-refractivity contribution is 0.159. The predicted octanol–water partition coefficient (Wildman–Crippen LogP) is 4.29. The molecule has 0 aliphatic rings. The first-order chi connectivity index (χ1) is 11.9. The van der Waals surface area contributed by atoms with Crippen LogP contribution < -0.4 is 0 Å². The molecule has 0 aromatic heterocycles. The zero-order valence-electron chi connectivity index (χ0n) is 14.2. The molecule has 2 aromatic rings. The van der Waals surface area contributed by atoms with Crippen LogP contribution in [0.1, 0.15) is 24.0 Å². The second-order valence-corrected chi connectivity index (χ2v) is 5.64. The Morgan fingerprint density at radius 1 is 0.583 bits per heavy atom. The molecule has 0 N–H and O–H groups in total. The van der Waals surface area contributed by atoms with Gasteiger partial charge in [0.25, 0.3) is 0 Å². The van der Waals surface area contributed by atoms with Gasteiger partial charge in [0.2, 0.25) is 0 Å². The molecule has 0 fully saturated rings. The van der Waals surface area contributed by atoms with Crippen LogP contribution >= 0.6 is 0 Å². The quantitative estimate of drug-likeness (QED) is 0.480. The summed E-state index contributed by atoms with van der Waals surface area (Å²) in [5, 5.41) is 0. The lowest BCUT2D eigenvalue weighted by atomic mass is 10.1. The maximum atomic E-state index is 5.51. The summed E-state index contributed by atoms with van der Waals surface area (Å²) in [5.74, 6) is 5.99. The Kier molecular flexibility index (Phi) is 9.40. The third-order valence-corrected chi connectivity index (χ3v) is 3.67. The molecule has 2 nitrogen and oxygen atoms in total. The van der Waals surface area contributed by atoms with Gasteiger partial charge in [-0.2, -0.15) is 0 Å². The maximum absolute atomic E-state index is 5.51. The Hall–Kier alpha value is -2.08. The van der Waals surface area contributed by atoms with Gasteiger partial charge in [-0.25, -0.2) is 0 Å². The highest BCUT2D eigenvalue weighted by molar-refractivity contribution is 5.15. The molecule has 0 atom stereocenters. The Bertz CT molecular complexity index is 543. The molecule has 0 amide bonds. The molecule has 0 aliphatic carbocycles. The molecule has 0 saturated heterocycles. The van der Waals surface area contributed by atoms with Crippen LogP contribution in [0.25, 0.3) is 0 Å². The van der Waals surface area contributed by atoms with Gasteiger partial charge in [0, 0.05) is 13.2 Å². The monoisotopic (exact) mass is 322 g/mol. The molecule has 2 rings (SSSR count). The summed E-state index contributed by atoms with van der Waals surface area (Å²) in [6, 6.07) is 21.0. The Labute approximate surface area is 145 Å². The molecule has 2 aromatic carbocycles. The smallest absolute Gasteiger partial charge is 0.107 e. The number of hydrogen-bond donors (Lipinski definition) is 0. The zero-order valence-corrected chi connectivity index (χ0v) is 14.2. The summed E-state index contributed by atoms with van der Waals surface area (Å²) < 4.78 is 11.0. The van der Waals surface area contributed by atoms with Crippen LogP contribution in [0, 0.1) is 11.8 Å². The number of ether oxygens (including phenoxy) is 2. The molecular weight excluding hydrogens is 296 g/mol. The van der Waals surface area contributed by atoms with E-state index >= 15 is 0 Å². The first-order valence-corrected chi connectivity index (χ1v) is 8.64. The van der Waals surface area contributed by atoms with Gasteiger partial charge >= 0.3 is 0 Å². The zero-order chi connectivity index (χ0) is 16.7. The highest BCUT2D eigenvalue weighted by Gasteiger charge is 1.92. The molecule has 0 spiro atoms. The molecule has 2 heteroatoms. The molecular formula is C22H26O2. The normalized spacial score (nSPS) is 10.2. The van der Waals surface area contributed by atoms with E-state index < -0.39 is 0 Å². The van der Waals surface area contributed by atoms with Gasteiger partial charge in [0.1, 0.15) is 13.2 Å². The largest absolute Gasteiger partial charge is 0.369 e. The minimum atomic E-state index is 0.488. The SMILES string of the molecule is C(#CCOCCCc1ccccc1)COCCCc1ccccc1. The third-order valence-electron chi connectivity index (χ3n) is 3.67. The van der Waals surface area contributed by atoms with Crippen molar-refractivity contribution in [2.24, 2.45) is 0 Å². The van der Waals surface area contributed by atoms with E-state index in [-0.39, 0.29) is 0 Å². The summed E-state index contributed by atoms with van der Waals surface area (Å²) in [5.41, 5.74) is 2.71. The summed E-state index contributed by atoms with van der Waals surface area (Å²) >= 11 is 0. The van der Waals surface area contributed by atoms with Crippen molar-refractivity contribution in [3.05, 3.63) is 71.8 Å². The van der Waals surface area contributed by atoms with E-state index in [0.717, 1.165) is 38.9 Å². The van der Waals surface area contributed by atoms with Gasteiger partial charge in [-0.05, 0) is 36.8 Å². The summed E-state index contributed by atoms with van der Waals surface area (Å²) in [7, 11) is 0. The van der Waals surface area contributed by atoms with Crippen molar-refractivity contribution in [3.63, 3.8) is 0 Å². The van der Waals surface area contributed by atoms with Crippen LogP contribution in [0.4, 0.5) is 0 Å². The van der Waals surface area contributed by atoms with Crippen LogP contribution in [0.3, 0.4) is 0 Å². The van der Waals surface area contributed by atoms with Crippen LogP contribution in [0.2, 0.25) is 0 Å². The first kappa shape index (κ1) is 18.3. The highest BCUT2D eigenvalue weighted by Crippen LogP contribution is 2.03. The highest BCUT2D eigenvalue weighted by atomic mass is 16.5. The molecule has 0 heterocycles. The fourth-order valence-corrected chi connectivity index (χ4v) is 2.39. The van der Waals surface area contributed by atoms with Crippen LogP contribution in [-0.4, -0.2) is 26.4 Å². The van der Waals surface area contributed by atoms with Crippen LogP contribution in [0.5, 0.6) is 0 Å². The third kappa shape index (κ3) is 8.53. The Morgan fingerprint density at radius 3 is 1.42 bits per heavy atom. The average Bonchev–Trinajstić information content (AvgIpc) is 2.64. The van der Waals surface area contributed by atoms with Crippen molar-refractivity contribution in [1.29, 1.82) is 0 Å². The standard InChI is InChI=1S/C22H26O2/c1-3-11-21(12-4-1)15-9-19-23-17-7-8-18-24-20-10-16-22-13-5-2-6-14-22/h1-6,11-14H,9-10,15-20H2. The number of aryl methyl sites for hydroxylation is 2. The molecule has 0 bridgehead atoms. The number of benzene rings is 2. The molecule has 126 valence electrons. The summed E-state index contributed by atoms with van der Waals surface area (Å²) in [4.78, 5) is 0. The van der Waals surface area contributed by atoms with Crippen LogP contribution in [0.15, 0.2) is 60.7 Å². The molecule has 0 aliphatic heterocycles. The molecule has 0 radical (unpaired) electrons. The average molecular weight is 322 g/mol. The number of hydrogen-bond acceptors (Lipinski definition) is 2. The van der Waals surface area contributed by atoms with E-state index in [1.165, 1.54) is 11.1 Å². The van der Waals surface area contributed by atoms with Crippen molar-refractivity contribution >= 4 is 0 Å². The molecule has 0 saturated carbocycles. The van der Waals surface area contributed by atoms with E-state index in [1.54, 1.807) is 0 Å². The van der Waals surface area contributed by atoms with Gasteiger partial charge < -0.3 is 9.47 Å². The molecule has 0 unspecified atom stereocenters. The lowest BCUT2D eigenvalue weighted by Gasteiger charge is -2.01. The summed E-state index contributed by atoms with van der Waals surface area (Å²) in [6.45, 7) is 2.48. The van der Waals surface area contributed by atoms with Gasteiger partial charge in [0.15, 0.2) is 0 Å². The van der Waals surface area contributed by atoms with Crippen molar-refractivity contribution in [3.8, 4) is 11.8 Å². The van der Waals surface area contributed by atoms with Crippen molar-refractivity contribution in [2.75, 3.05) is 26.4 Å². The van der Waals surface area contributed by atoms with Crippen molar-refractivity contribution in [1.82, 2.24) is 0 Å². The number of rotatable bonds is 10. The topological polar surface area (TPSA) is 18.5 Å². The maximum Gasteiger partial charge on any atom is 0.107 e. The van der Waals surface area contributed by atoms with Crippen molar-refractivity contribution < 1.29 is 9.47 Å². The minimum Gasteiger partial charge on any atom is -0.369 e. The fourth-order valence-electron chi connectivity index (χ4n) is 2.39. The Morgan fingerprint density at radius 2 is 1.00 bits per heavy atom. The minimum absolute atomic E-state index is 0.488. The predicted molar refractivity (Wildman–Crippen MR) is 98.9 cm³/mol. The molecule has 24 heavy (non-hydrogen) atoms. The summed E-state index contributed by atoms with van der Waals surface area (Å²) in [6.07, 6.45) is 4.17. The van der Waals surface area contributed by atoms with E-state index in [0.29, 0.717) is 13.2 Å².